The van der Waals surface area contributed by atoms with Gasteiger partial charge in [-0.1, -0.05) is 18.7 Å². The molecule has 0 saturated carbocycles. The van der Waals surface area contributed by atoms with Crippen molar-refractivity contribution in [3.63, 3.8) is 0 Å². The molecule has 1 aromatic carbocycles. The normalized spacial score (nSPS) is 16.5. The summed E-state index contributed by atoms with van der Waals surface area (Å²) in [6.07, 6.45) is 3.59. The van der Waals surface area contributed by atoms with Crippen LogP contribution in [0.1, 0.15) is 5.56 Å². The molecule has 1 aliphatic heterocycles. The number of rotatable bonds is 2. The molecule has 0 unspecified atom stereocenters. The summed E-state index contributed by atoms with van der Waals surface area (Å²) in [5, 5.41) is 8.38. The molecule has 3 heterocycles. The third kappa shape index (κ3) is 2.03. The standard InChI is InChI=1S/C16H18N6/c1-3-12-4-5-13-14(10-12)22-11-17-19-16(22)15(18-13)21-8-6-20(2)7-9-21/h3-5,10-11H,1,6-9H2,2H3. The molecule has 0 aliphatic carbocycles. The summed E-state index contributed by atoms with van der Waals surface area (Å²) in [4.78, 5) is 9.47. The molecule has 3 aromatic rings. The molecule has 0 amide bonds. The smallest absolute Gasteiger partial charge is 0.204 e. The van der Waals surface area contributed by atoms with Gasteiger partial charge in [0.25, 0.3) is 0 Å². The van der Waals surface area contributed by atoms with Gasteiger partial charge in [0.1, 0.15) is 6.33 Å². The second-order valence-electron chi connectivity index (χ2n) is 5.70. The van der Waals surface area contributed by atoms with Gasteiger partial charge in [0.15, 0.2) is 5.82 Å². The fourth-order valence-electron chi connectivity index (χ4n) is 2.91. The summed E-state index contributed by atoms with van der Waals surface area (Å²) in [7, 11) is 2.15. The summed E-state index contributed by atoms with van der Waals surface area (Å²) >= 11 is 0. The van der Waals surface area contributed by atoms with Crippen molar-refractivity contribution in [3.8, 4) is 0 Å². The summed E-state index contributed by atoms with van der Waals surface area (Å²) < 4.78 is 2.02. The fraction of sp³-hybridized carbons (Fsp3) is 0.312. The lowest BCUT2D eigenvalue weighted by Crippen LogP contribution is -2.45. The Kier molecular flexibility index (Phi) is 3.04. The van der Waals surface area contributed by atoms with Crippen LogP contribution >= 0.6 is 0 Å². The van der Waals surface area contributed by atoms with Crippen LogP contribution in [-0.2, 0) is 0 Å². The zero-order valence-electron chi connectivity index (χ0n) is 12.6. The van der Waals surface area contributed by atoms with Crippen molar-refractivity contribution in [2.24, 2.45) is 0 Å². The lowest BCUT2D eigenvalue weighted by Gasteiger charge is -2.33. The highest BCUT2D eigenvalue weighted by atomic mass is 15.3. The highest BCUT2D eigenvalue weighted by Gasteiger charge is 2.20. The second-order valence-corrected chi connectivity index (χ2v) is 5.70. The van der Waals surface area contributed by atoms with Crippen molar-refractivity contribution in [3.05, 3.63) is 36.7 Å². The molecule has 4 rings (SSSR count). The van der Waals surface area contributed by atoms with E-state index in [-0.39, 0.29) is 0 Å². The van der Waals surface area contributed by atoms with Gasteiger partial charge in [-0.2, -0.15) is 0 Å². The van der Waals surface area contributed by atoms with E-state index in [4.69, 9.17) is 4.98 Å². The lowest BCUT2D eigenvalue weighted by atomic mass is 10.2. The van der Waals surface area contributed by atoms with Gasteiger partial charge in [-0.15, -0.1) is 10.2 Å². The van der Waals surface area contributed by atoms with E-state index in [0.29, 0.717) is 0 Å². The highest BCUT2D eigenvalue weighted by molar-refractivity contribution is 5.84. The van der Waals surface area contributed by atoms with Crippen molar-refractivity contribution in [1.29, 1.82) is 0 Å². The molecule has 22 heavy (non-hydrogen) atoms. The lowest BCUT2D eigenvalue weighted by molar-refractivity contribution is 0.312. The van der Waals surface area contributed by atoms with E-state index in [1.807, 2.05) is 22.6 Å². The summed E-state index contributed by atoms with van der Waals surface area (Å²) in [5.41, 5.74) is 3.84. The van der Waals surface area contributed by atoms with E-state index < -0.39 is 0 Å². The Morgan fingerprint density at radius 2 is 2.00 bits per heavy atom. The molecule has 2 aromatic heterocycles. The molecule has 6 nitrogen and oxygen atoms in total. The molecule has 1 saturated heterocycles. The first kappa shape index (κ1) is 13.2. The van der Waals surface area contributed by atoms with Crippen LogP contribution in [0.25, 0.3) is 22.8 Å². The minimum absolute atomic E-state index is 0.818. The van der Waals surface area contributed by atoms with E-state index in [2.05, 4.69) is 39.7 Å². The predicted molar refractivity (Wildman–Crippen MR) is 88.1 cm³/mol. The Balaban J connectivity index is 1.91. The van der Waals surface area contributed by atoms with Gasteiger partial charge in [-0.05, 0) is 24.7 Å². The topological polar surface area (TPSA) is 49.6 Å². The van der Waals surface area contributed by atoms with Crippen LogP contribution in [0.15, 0.2) is 31.1 Å². The van der Waals surface area contributed by atoms with Crippen LogP contribution in [0.2, 0.25) is 0 Å². The summed E-state index contributed by atoms with van der Waals surface area (Å²) in [6.45, 7) is 7.83. The van der Waals surface area contributed by atoms with Crippen LogP contribution in [-0.4, -0.2) is 57.7 Å². The Bertz CT molecular complexity index is 844. The van der Waals surface area contributed by atoms with Crippen LogP contribution in [0, 0.1) is 0 Å². The minimum Gasteiger partial charge on any atom is -0.351 e. The number of fused-ring (bicyclic) bond motifs is 3. The SMILES string of the molecule is C=Cc1ccc2nc(N3CCN(C)CC3)c3nncn3c2c1. The van der Waals surface area contributed by atoms with Crippen molar-refractivity contribution >= 4 is 28.6 Å². The molecule has 112 valence electrons. The number of likely N-dealkylation sites (N-methyl/N-ethyl adjacent to an activating group) is 1. The van der Waals surface area contributed by atoms with Crippen molar-refractivity contribution in [1.82, 2.24) is 24.5 Å². The summed E-state index contributed by atoms with van der Waals surface area (Å²) in [5.74, 6) is 0.921. The van der Waals surface area contributed by atoms with Crippen LogP contribution in [0.5, 0.6) is 0 Å². The van der Waals surface area contributed by atoms with Gasteiger partial charge in [-0.3, -0.25) is 4.40 Å². The second kappa shape index (κ2) is 5.06. The first-order valence-electron chi connectivity index (χ1n) is 7.46. The van der Waals surface area contributed by atoms with Crippen molar-refractivity contribution in [2.45, 2.75) is 0 Å². The summed E-state index contributed by atoms with van der Waals surface area (Å²) in [6, 6.07) is 6.14. The molecular formula is C16H18N6. The zero-order chi connectivity index (χ0) is 15.1. The van der Waals surface area contributed by atoms with E-state index in [1.165, 1.54) is 0 Å². The van der Waals surface area contributed by atoms with E-state index >= 15 is 0 Å². The Hall–Kier alpha value is -2.47. The van der Waals surface area contributed by atoms with Crippen LogP contribution in [0.3, 0.4) is 0 Å². The molecule has 0 bridgehead atoms. The van der Waals surface area contributed by atoms with Gasteiger partial charge in [-0.25, -0.2) is 4.98 Å². The fourth-order valence-corrected chi connectivity index (χ4v) is 2.91. The van der Waals surface area contributed by atoms with Gasteiger partial charge in [0.05, 0.1) is 11.0 Å². The number of piperazine rings is 1. The first-order valence-corrected chi connectivity index (χ1v) is 7.46. The minimum atomic E-state index is 0.818. The molecule has 0 spiro atoms. The van der Waals surface area contributed by atoms with E-state index in [0.717, 1.165) is 54.2 Å². The maximum Gasteiger partial charge on any atom is 0.204 e. The third-order valence-corrected chi connectivity index (χ3v) is 4.27. The monoisotopic (exact) mass is 294 g/mol. The zero-order valence-corrected chi connectivity index (χ0v) is 12.6. The number of anilines is 1. The van der Waals surface area contributed by atoms with Crippen LogP contribution < -0.4 is 4.90 Å². The third-order valence-electron chi connectivity index (χ3n) is 4.27. The number of hydrogen-bond donors (Lipinski definition) is 0. The molecule has 0 N–H and O–H groups in total. The largest absolute Gasteiger partial charge is 0.351 e. The number of aromatic nitrogens is 4. The van der Waals surface area contributed by atoms with Crippen LogP contribution in [0.4, 0.5) is 5.82 Å². The van der Waals surface area contributed by atoms with Gasteiger partial charge in [0.2, 0.25) is 5.65 Å². The van der Waals surface area contributed by atoms with Crippen molar-refractivity contribution < 1.29 is 0 Å². The van der Waals surface area contributed by atoms with E-state index in [9.17, 15) is 0 Å². The first-order chi connectivity index (χ1) is 10.8. The number of hydrogen-bond acceptors (Lipinski definition) is 5. The molecule has 1 fully saturated rings. The molecule has 0 radical (unpaired) electrons. The van der Waals surface area contributed by atoms with E-state index in [1.54, 1.807) is 6.33 Å². The Morgan fingerprint density at radius 1 is 1.18 bits per heavy atom. The van der Waals surface area contributed by atoms with Gasteiger partial charge < -0.3 is 9.80 Å². The maximum atomic E-state index is 4.85. The highest BCUT2D eigenvalue weighted by Crippen LogP contribution is 2.24. The average molecular weight is 294 g/mol. The van der Waals surface area contributed by atoms with Gasteiger partial charge in [0, 0.05) is 26.2 Å². The molecule has 0 atom stereocenters. The number of nitrogens with zero attached hydrogens (tertiary/aromatic N) is 6. The Labute approximate surface area is 128 Å². The predicted octanol–water partition coefficient (Wildman–Crippen LogP) is 1.67. The molecule has 1 aliphatic rings. The number of benzene rings is 1. The quantitative estimate of drug-likeness (QED) is 0.719. The molecular weight excluding hydrogens is 276 g/mol. The average Bonchev–Trinajstić information content (AvgIpc) is 3.04. The molecule has 6 heteroatoms. The maximum absolute atomic E-state index is 4.85. The van der Waals surface area contributed by atoms with Crippen molar-refractivity contribution in [2.75, 3.05) is 38.1 Å². The van der Waals surface area contributed by atoms with Gasteiger partial charge >= 0.3 is 0 Å². The Morgan fingerprint density at radius 3 is 2.77 bits per heavy atom.